The number of carboxylic acid groups (broad SMARTS) is 1. The maximum Gasteiger partial charge on any atom is 0.311 e. The molecular formula is C18H17NO2. The monoisotopic (exact) mass is 279 g/mol. The van der Waals surface area contributed by atoms with Crippen LogP contribution in [0.5, 0.6) is 0 Å². The highest BCUT2D eigenvalue weighted by atomic mass is 16.4. The molecule has 3 nitrogen and oxygen atoms in total. The second-order valence-corrected chi connectivity index (χ2v) is 5.27. The van der Waals surface area contributed by atoms with Crippen molar-refractivity contribution in [3.05, 3.63) is 70.3 Å². The summed E-state index contributed by atoms with van der Waals surface area (Å²) in [7, 11) is 0. The highest BCUT2D eigenvalue weighted by Gasteiger charge is 2.22. The van der Waals surface area contributed by atoms with E-state index in [9.17, 15) is 9.90 Å². The number of hydrogen-bond acceptors (Lipinski definition) is 2. The Morgan fingerprint density at radius 3 is 2.67 bits per heavy atom. The molecule has 0 saturated heterocycles. The lowest BCUT2D eigenvalue weighted by Crippen LogP contribution is -2.16. The van der Waals surface area contributed by atoms with Crippen molar-refractivity contribution in [2.45, 2.75) is 26.2 Å². The molecule has 0 spiro atoms. The maximum absolute atomic E-state index is 11.7. The van der Waals surface area contributed by atoms with Crippen molar-refractivity contribution in [2.75, 3.05) is 0 Å². The lowest BCUT2D eigenvalue weighted by atomic mass is 9.88. The molecule has 3 heteroatoms. The highest BCUT2D eigenvalue weighted by Crippen LogP contribution is 2.25. The number of nitriles is 1. The van der Waals surface area contributed by atoms with Gasteiger partial charge in [0.1, 0.15) is 0 Å². The van der Waals surface area contributed by atoms with Gasteiger partial charge in [-0.1, -0.05) is 35.9 Å². The summed E-state index contributed by atoms with van der Waals surface area (Å²) in [6.45, 7) is 3.88. The Bertz CT molecular complexity index is 713. The predicted octanol–water partition coefficient (Wildman–Crippen LogP) is 3.59. The van der Waals surface area contributed by atoms with Crippen LogP contribution in [0, 0.1) is 25.2 Å². The third kappa shape index (κ3) is 3.49. The number of rotatable bonds is 4. The lowest BCUT2D eigenvalue weighted by molar-refractivity contribution is -0.138. The Balaban J connectivity index is 2.38. The van der Waals surface area contributed by atoms with E-state index in [1.807, 2.05) is 38.1 Å². The van der Waals surface area contributed by atoms with E-state index in [1.54, 1.807) is 18.2 Å². The smallest absolute Gasteiger partial charge is 0.311 e. The molecule has 0 aliphatic heterocycles. The molecule has 0 bridgehead atoms. The topological polar surface area (TPSA) is 61.1 Å². The summed E-state index contributed by atoms with van der Waals surface area (Å²) in [5, 5.41) is 18.5. The van der Waals surface area contributed by atoms with E-state index in [-0.39, 0.29) is 0 Å². The van der Waals surface area contributed by atoms with Crippen molar-refractivity contribution < 1.29 is 9.90 Å². The van der Waals surface area contributed by atoms with Gasteiger partial charge < -0.3 is 5.11 Å². The number of benzene rings is 2. The molecular weight excluding hydrogens is 262 g/mol. The van der Waals surface area contributed by atoms with Gasteiger partial charge in [-0.05, 0) is 49.1 Å². The molecule has 0 aliphatic rings. The van der Waals surface area contributed by atoms with Gasteiger partial charge in [0.05, 0.1) is 17.6 Å². The first-order valence-electron chi connectivity index (χ1n) is 6.80. The van der Waals surface area contributed by atoms with Crippen LogP contribution in [0.3, 0.4) is 0 Å². The fourth-order valence-corrected chi connectivity index (χ4v) is 2.47. The zero-order valence-electron chi connectivity index (χ0n) is 12.1. The number of nitrogens with zero attached hydrogens (tertiary/aromatic N) is 1. The van der Waals surface area contributed by atoms with Gasteiger partial charge in [0.2, 0.25) is 0 Å². The Labute approximate surface area is 124 Å². The zero-order valence-corrected chi connectivity index (χ0v) is 12.1. The van der Waals surface area contributed by atoms with Crippen molar-refractivity contribution in [3.8, 4) is 6.07 Å². The van der Waals surface area contributed by atoms with Crippen LogP contribution in [0.25, 0.3) is 0 Å². The van der Waals surface area contributed by atoms with Gasteiger partial charge >= 0.3 is 5.97 Å². The maximum atomic E-state index is 11.7. The molecule has 2 aromatic rings. The second kappa shape index (κ2) is 6.23. The normalized spacial score (nSPS) is 11.7. The molecule has 2 rings (SSSR count). The summed E-state index contributed by atoms with van der Waals surface area (Å²) >= 11 is 0. The number of aliphatic carboxylic acids is 1. The van der Waals surface area contributed by atoms with Gasteiger partial charge in [-0.25, -0.2) is 0 Å². The van der Waals surface area contributed by atoms with Crippen molar-refractivity contribution in [2.24, 2.45) is 0 Å². The molecule has 0 aromatic heterocycles. The number of hydrogen-bond donors (Lipinski definition) is 1. The average Bonchev–Trinajstić information content (AvgIpc) is 2.47. The molecule has 0 fully saturated rings. The largest absolute Gasteiger partial charge is 0.481 e. The van der Waals surface area contributed by atoms with Crippen LogP contribution in [0.4, 0.5) is 0 Å². The van der Waals surface area contributed by atoms with E-state index >= 15 is 0 Å². The van der Waals surface area contributed by atoms with E-state index in [4.69, 9.17) is 5.26 Å². The van der Waals surface area contributed by atoms with Crippen molar-refractivity contribution in [1.29, 1.82) is 5.26 Å². The van der Waals surface area contributed by atoms with Gasteiger partial charge in [0.15, 0.2) is 0 Å². The second-order valence-electron chi connectivity index (χ2n) is 5.27. The van der Waals surface area contributed by atoms with Crippen molar-refractivity contribution >= 4 is 5.97 Å². The summed E-state index contributed by atoms with van der Waals surface area (Å²) in [5.74, 6) is -1.44. The van der Waals surface area contributed by atoms with Crippen LogP contribution in [0.2, 0.25) is 0 Å². The quantitative estimate of drug-likeness (QED) is 0.930. The average molecular weight is 279 g/mol. The van der Waals surface area contributed by atoms with Crippen molar-refractivity contribution in [1.82, 2.24) is 0 Å². The first-order chi connectivity index (χ1) is 10.0. The Morgan fingerprint density at radius 1 is 1.24 bits per heavy atom. The number of carbonyl (C=O) groups is 1. The van der Waals surface area contributed by atoms with Crippen LogP contribution >= 0.6 is 0 Å². The standard InChI is InChI=1S/C18H17NO2/c1-12-6-7-13(2)16(8-12)17(18(20)21)10-14-4-3-5-15(9-14)11-19/h3-9,17H,10H2,1-2H3,(H,20,21). The van der Waals surface area contributed by atoms with Gasteiger partial charge in [0, 0.05) is 0 Å². The summed E-state index contributed by atoms with van der Waals surface area (Å²) in [5.41, 5.74) is 4.28. The summed E-state index contributed by atoms with van der Waals surface area (Å²) in [6, 6.07) is 15.1. The minimum atomic E-state index is -0.842. The molecule has 106 valence electrons. The molecule has 0 heterocycles. The van der Waals surface area contributed by atoms with E-state index in [0.29, 0.717) is 12.0 Å². The molecule has 1 atom stereocenters. The number of aryl methyl sites for hydroxylation is 2. The fourth-order valence-electron chi connectivity index (χ4n) is 2.47. The van der Waals surface area contributed by atoms with E-state index < -0.39 is 11.9 Å². The predicted molar refractivity (Wildman–Crippen MR) is 81.2 cm³/mol. The molecule has 2 aromatic carbocycles. The number of carboxylic acids is 1. The molecule has 21 heavy (non-hydrogen) atoms. The minimum absolute atomic E-state index is 0.384. The zero-order chi connectivity index (χ0) is 15.4. The third-order valence-electron chi connectivity index (χ3n) is 3.60. The van der Waals surface area contributed by atoms with E-state index in [2.05, 4.69) is 6.07 Å². The Kier molecular flexibility index (Phi) is 4.39. The molecule has 0 saturated carbocycles. The molecule has 1 N–H and O–H groups in total. The first-order valence-corrected chi connectivity index (χ1v) is 6.80. The Morgan fingerprint density at radius 2 is 2.00 bits per heavy atom. The molecule has 1 unspecified atom stereocenters. The molecule has 0 aliphatic carbocycles. The van der Waals surface area contributed by atoms with Gasteiger partial charge in [0.25, 0.3) is 0 Å². The lowest BCUT2D eigenvalue weighted by Gasteiger charge is -2.16. The minimum Gasteiger partial charge on any atom is -0.481 e. The van der Waals surface area contributed by atoms with Gasteiger partial charge in [-0.15, -0.1) is 0 Å². The van der Waals surface area contributed by atoms with Crippen LogP contribution in [0.1, 0.15) is 33.7 Å². The van der Waals surface area contributed by atoms with Gasteiger partial charge in [-0.2, -0.15) is 5.26 Å². The summed E-state index contributed by atoms with van der Waals surface area (Å²) in [4.78, 5) is 11.7. The third-order valence-corrected chi connectivity index (χ3v) is 3.60. The van der Waals surface area contributed by atoms with E-state index in [0.717, 1.165) is 22.3 Å². The Hall–Kier alpha value is -2.60. The van der Waals surface area contributed by atoms with Crippen LogP contribution < -0.4 is 0 Å². The highest BCUT2D eigenvalue weighted by molar-refractivity contribution is 5.77. The van der Waals surface area contributed by atoms with Crippen LogP contribution in [-0.4, -0.2) is 11.1 Å². The summed E-state index contributed by atoms with van der Waals surface area (Å²) in [6.07, 6.45) is 0.384. The molecule has 0 radical (unpaired) electrons. The van der Waals surface area contributed by atoms with E-state index in [1.165, 1.54) is 0 Å². The van der Waals surface area contributed by atoms with Crippen LogP contribution in [-0.2, 0) is 11.2 Å². The fraction of sp³-hybridized carbons (Fsp3) is 0.222. The van der Waals surface area contributed by atoms with Crippen molar-refractivity contribution in [3.63, 3.8) is 0 Å². The van der Waals surface area contributed by atoms with Crippen LogP contribution in [0.15, 0.2) is 42.5 Å². The SMILES string of the molecule is Cc1ccc(C)c(C(Cc2cccc(C#N)c2)C(=O)O)c1. The first kappa shape index (κ1) is 14.8. The van der Waals surface area contributed by atoms with Gasteiger partial charge in [-0.3, -0.25) is 4.79 Å². The summed E-state index contributed by atoms with van der Waals surface area (Å²) < 4.78 is 0. The molecule has 0 amide bonds.